The summed E-state index contributed by atoms with van der Waals surface area (Å²) >= 11 is 1.31. The molecular formula is C16H14FNOS. The molecule has 20 heavy (non-hydrogen) atoms. The van der Waals surface area contributed by atoms with E-state index < -0.39 is 0 Å². The van der Waals surface area contributed by atoms with Crippen LogP contribution in [0.5, 0.6) is 5.75 Å². The van der Waals surface area contributed by atoms with E-state index in [1.54, 1.807) is 20.1 Å². The first-order valence-corrected chi connectivity index (χ1v) is 7.08. The number of rotatable bonds is 2. The lowest BCUT2D eigenvalue weighted by molar-refractivity contribution is 0.416. The molecule has 0 amide bonds. The molecule has 0 unspecified atom stereocenters. The van der Waals surface area contributed by atoms with E-state index >= 15 is 0 Å². The molecule has 0 radical (unpaired) electrons. The summed E-state index contributed by atoms with van der Waals surface area (Å²) in [6.07, 6.45) is 0. The molecule has 0 aliphatic heterocycles. The Morgan fingerprint density at radius 2 is 1.95 bits per heavy atom. The van der Waals surface area contributed by atoms with Crippen molar-refractivity contribution in [3.8, 4) is 17.0 Å². The number of methoxy groups -OCH3 is 1. The maximum atomic E-state index is 13.6. The van der Waals surface area contributed by atoms with Crippen LogP contribution in [-0.2, 0) is 0 Å². The van der Waals surface area contributed by atoms with Gasteiger partial charge in [0.25, 0.3) is 0 Å². The van der Waals surface area contributed by atoms with E-state index in [-0.39, 0.29) is 5.82 Å². The molecule has 102 valence electrons. The molecule has 0 N–H and O–H groups in total. The number of aryl methyl sites for hydroxylation is 2. The maximum absolute atomic E-state index is 13.6. The standard InChI is InChI=1S/C16H14FNOS/c1-9-4-5-14(19-3)11(6-9)16-12-7-10(2)13(17)8-15(12)20-18-16/h4-8H,1-3H3. The quantitative estimate of drug-likeness (QED) is 0.680. The molecule has 0 aliphatic carbocycles. The lowest BCUT2D eigenvalue weighted by atomic mass is 10.0. The third-order valence-corrected chi connectivity index (χ3v) is 4.17. The zero-order valence-corrected chi connectivity index (χ0v) is 12.3. The van der Waals surface area contributed by atoms with Gasteiger partial charge in [-0.25, -0.2) is 4.39 Å². The van der Waals surface area contributed by atoms with Crippen molar-refractivity contribution < 1.29 is 9.13 Å². The van der Waals surface area contributed by atoms with Crippen LogP contribution < -0.4 is 4.74 Å². The van der Waals surface area contributed by atoms with Gasteiger partial charge in [-0.3, -0.25) is 0 Å². The van der Waals surface area contributed by atoms with Crippen LogP contribution in [0.1, 0.15) is 11.1 Å². The van der Waals surface area contributed by atoms with E-state index in [9.17, 15) is 4.39 Å². The highest BCUT2D eigenvalue weighted by Gasteiger charge is 2.15. The van der Waals surface area contributed by atoms with Gasteiger partial charge in [-0.2, -0.15) is 4.37 Å². The summed E-state index contributed by atoms with van der Waals surface area (Å²) in [5.41, 5.74) is 3.57. The number of fused-ring (bicyclic) bond motifs is 1. The van der Waals surface area contributed by atoms with Crippen molar-refractivity contribution in [2.45, 2.75) is 13.8 Å². The van der Waals surface area contributed by atoms with Crippen molar-refractivity contribution in [1.29, 1.82) is 0 Å². The number of halogens is 1. The van der Waals surface area contributed by atoms with Gasteiger partial charge >= 0.3 is 0 Å². The predicted octanol–water partition coefficient (Wildman–Crippen LogP) is 4.73. The van der Waals surface area contributed by atoms with Gasteiger partial charge in [0.2, 0.25) is 0 Å². The third-order valence-electron chi connectivity index (χ3n) is 3.36. The van der Waals surface area contributed by atoms with Crippen molar-refractivity contribution in [2.75, 3.05) is 7.11 Å². The highest BCUT2D eigenvalue weighted by Crippen LogP contribution is 2.37. The number of nitrogens with zero attached hydrogens (tertiary/aromatic N) is 1. The Morgan fingerprint density at radius 1 is 1.15 bits per heavy atom. The Bertz CT molecular complexity index is 795. The normalized spacial score (nSPS) is 11.0. The lowest BCUT2D eigenvalue weighted by Crippen LogP contribution is -1.89. The Hall–Kier alpha value is -1.94. The van der Waals surface area contributed by atoms with Gasteiger partial charge in [0, 0.05) is 10.9 Å². The molecule has 0 saturated heterocycles. The molecule has 0 bridgehead atoms. The van der Waals surface area contributed by atoms with Gasteiger partial charge in [0.05, 0.1) is 17.5 Å². The van der Waals surface area contributed by atoms with Crippen molar-refractivity contribution >= 4 is 21.6 Å². The average molecular weight is 287 g/mol. The zero-order valence-electron chi connectivity index (χ0n) is 11.5. The molecule has 3 aromatic rings. The van der Waals surface area contributed by atoms with E-state index in [0.717, 1.165) is 32.7 Å². The fraction of sp³-hybridized carbons (Fsp3) is 0.188. The van der Waals surface area contributed by atoms with E-state index in [0.29, 0.717) is 5.56 Å². The van der Waals surface area contributed by atoms with Crippen molar-refractivity contribution in [1.82, 2.24) is 4.37 Å². The molecule has 0 aliphatic rings. The molecule has 2 aromatic carbocycles. The van der Waals surface area contributed by atoms with Crippen LogP contribution in [0.4, 0.5) is 4.39 Å². The lowest BCUT2D eigenvalue weighted by Gasteiger charge is -2.08. The minimum absolute atomic E-state index is 0.191. The molecule has 0 fully saturated rings. The van der Waals surface area contributed by atoms with Crippen LogP contribution in [0.2, 0.25) is 0 Å². The summed E-state index contributed by atoms with van der Waals surface area (Å²) in [5, 5.41) is 0.970. The van der Waals surface area contributed by atoms with E-state index in [1.807, 2.05) is 31.2 Å². The molecule has 3 rings (SSSR count). The van der Waals surface area contributed by atoms with Gasteiger partial charge in [0.15, 0.2) is 0 Å². The number of hydrogen-bond acceptors (Lipinski definition) is 3. The second-order valence-corrected chi connectivity index (χ2v) is 5.64. The average Bonchev–Trinajstić information content (AvgIpc) is 2.82. The highest BCUT2D eigenvalue weighted by atomic mass is 32.1. The largest absolute Gasteiger partial charge is 0.496 e. The Morgan fingerprint density at radius 3 is 2.70 bits per heavy atom. The Labute approximate surface area is 121 Å². The summed E-state index contributed by atoms with van der Waals surface area (Å²) in [4.78, 5) is 0. The summed E-state index contributed by atoms with van der Waals surface area (Å²) in [7, 11) is 1.65. The first-order valence-electron chi connectivity index (χ1n) is 6.30. The third kappa shape index (κ3) is 2.06. The summed E-state index contributed by atoms with van der Waals surface area (Å²) in [5.74, 6) is 0.591. The molecular weight excluding hydrogens is 273 g/mol. The minimum Gasteiger partial charge on any atom is -0.496 e. The number of hydrogen-bond donors (Lipinski definition) is 0. The molecule has 2 nitrogen and oxygen atoms in total. The fourth-order valence-electron chi connectivity index (χ4n) is 2.27. The van der Waals surface area contributed by atoms with Gasteiger partial charge in [-0.1, -0.05) is 11.6 Å². The Balaban J connectivity index is 2.30. The van der Waals surface area contributed by atoms with Gasteiger partial charge in [-0.05, 0) is 55.2 Å². The molecule has 0 spiro atoms. The van der Waals surface area contributed by atoms with Crippen molar-refractivity contribution in [3.05, 3.63) is 47.3 Å². The SMILES string of the molecule is COc1ccc(C)cc1-c1nsc2cc(F)c(C)cc12. The fourth-order valence-corrected chi connectivity index (χ4v) is 3.07. The zero-order chi connectivity index (χ0) is 14.3. The second-order valence-electron chi connectivity index (χ2n) is 4.83. The molecule has 1 heterocycles. The van der Waals surface area contributed by atoms with E-state index in [1.165, 1.54) is 11.5 Å². The predicted molar refractivity (Wildman–Crippen MR) is 81.0 cm³/mol. The van der Waals surface area contributed by atoms with Crippen LogP contribution >= 0.6 is 11.5 Å². The molecule has 1 aromatic heterocycles. The molecule has 0 atom stereocenters. The first kappa shape index (κ1) is 13.1. The van der Waals surface area contributed by atoms with Crippen LogP contribution in [0.3, 0.4) is 0 Å². The van der Waals surface area contributed by atoms with E-state index in [2.05, 4.69) is 4.37 Å². The number of ether oxygens (including phenoxy) is 1. The number of aromatic nitrogens is 1. The maximum Gasteiger partial charge on any atom is 0.128 e. The van der Waals surface area contributed by atoms with Crippen LogP contribution in [0.25, 0.3) is 21.3 Å². The summed E-state index contributed by atoms with van der Waals surface area (Å²) in [6.45, 7) is 3.80. The summed E-state index contributed by atoms with van der Waals surface area (Å²) < 4.78 is 24.4. The first-order chi connectivity index (χ1) is 9.60. The monoisotopic (exact) mass is 287 g/mol. The van der Waals surface area contributed by atoms with Crippen LogP contribution in [0, 0.1) is 19.7 Å². The summed E-state index contributed by atoms with van der Waals surface area (Å²) in [6, 6.07) is 9.39. The minimum atomic E-state index is -0.191. The van der Waals surface area contributed by atoms with Gasteiger partial charge in [-0.15, -0.1) is 0 Å². The van der Waals surface area contributed by atoms with Crippen molar-refractivity contribution in [2.24, 2.45) is 0 Å². The van der Waals surface area contributed by atoms with Crippen molar-refractivity contribution in [3.63, 3.8) is 0 Å². The van der Waals surface area contributed by atoms with Gasteiger partial charge < -0.3 is 4.74 Å². The smallest absolute Gasteiger partial charge is 0.128 e. The molecule has 4 heteroatoms. The van der Waals surface area contributed by atoms with Gasteiger partial charge in [0.1, 0.15) is 11.6 Å². The molecule has 0 saturated carbocycles. The number of benzene rings is 2. The second kappa shape index (κ2) is 4.87. The topological polar surface area (TPSA) is 22.1 Å². The van der Waals surface area contributed by atoms with Crippen LogP contribution in [-0.4, -0.2) is 11.5 Å². The highest BCUT2D eigenvalue weighted by molar-refractivity contribution is 7.13. The van der Waals surface area contributed by atoms with Crippen LogP contribution in [0.15, 0.2) is 30.3 Å². The van der Waals surface area contributed by atoms with E-state index in [4.69, 9.17) is 4.74 Å². The Kier molecular flexibility index (Phi) is 3.18.